The predicted octanol–water partition coefficient (Wildman–Crippen LogP) is 5.02. The number of carbonyl (C=O) groups is 4. The van der Waals surface area contributed by atoms with Gasteiger partial charge in [-0.15, -0.1) is 0 Å². The summed E-state index contributed by atoms with van der Waals surface area (Å²) in [6.45, 7) is 1.90. The van der Waals surface area contributed by atoms with Gasteiger partial charge in [0.1, 0.15) is 11.4 Å². The first-order valence-electron chi connectivity index (χ1n) is 11.0. The van der Waals surface area contributed by atoms with Crippen LogP contribution in [0.15, 0.2) is 76.8 Å². The van der Waals surface area contributed by atoms with Gasteiger partial charge in [0.15, 0.2) is 0 Å². The average molecular weight is 551 g/mol. The van der Waals surface area contributed by atoms with E-state index in [0.29, 0.717) is 22.0 Å². The summed E-state index contributed by atoms with van der Waals surface area (Å²) < 4.78 is 19.6. The Morgan fingerprint density at radius 3 is 2.42 bits per heavy atom. The van der Waals surface area contributed by atoms with Gasteiger partial charge in [0.2, 0.25) is 0 Å². The Morgan fingerprint density at radius 1 is 1.03 bits per heavy atom. The first kappa shape index (κ1) is 25.0. The second-order valence-electron chi connectivity index (χ2n) is 7.84. The van der Waals surface area contributed by atoms with Crippen LogP contribution in [0.1, 0.15) is 34.0 Å². The zero-order valence-corrected chi connectivity index (χ0v) is 20.7. The lowest BCUT2D eigenvalue weighted by Crippen LogP contribution is -2.54. The maximum atomic E-state index is 14.0. The van der Waals surface area contributed by atoms with Gasteiger partial charge in [-0.2, -0.15) is 0 Å². The largest absolute Gasteiger partial charge is 0.462 e. The van der Waals surface area contributed by atoms with Crippen molar-refractivity contribution in [2.24, 2.45) is 0 Å². The second-order valence-corrected chi connectivity index (χ2v) is 8.70. The summed E-state index contributed by atoms with van der Waals surface area (Å²) in [4.78, 5) is 50.8. The van der Waals surface area contributed by atoms with Gasteiger partial charge >= 0.3 is 12.0 Å². The number of imide groups is 2. The minimum atomic E-state index is -0.896. The molecule has 1 fully saturated rings. The van der Waals surface area contributed by atoms with Gasteiger partial charge in [-0.05, 0) is 66.1 Å². The SMILES string of the molecule is CCOC(=O)c1ccc(N2C(=O)NC(=O)/C(=C\c3ccc(Cc4ccccc4F)c(Br)c3)C2=O)cc1. The van der Waals surface area contributed by atoms with Crippen molar-refractivity contribution in [3.63, 3.8) is 0 Å². The van der Waals surface area contributed by atoms with Crippen LogP contribution < -0.4 is 10.2 Å². The molecule has 0 saturated carbocycles. The Balaban J connectivity index is 1.59. The second kappa shape index (κ2) is 10.7. The van der Waals surface area contributed by atoms with Gasteiger partial charge in [0, 0.05) is 10.9 Å². The van der Waals surface area contributed by atoms with E-state index in [1.165, 1.54) is 36.4 Å². The zero-order valence-electron chi connectivity index (χ0n) is 19.1. The van der Waals surface area contributed by atoms with Crippen LogP contribution in [0.25, 0.3) is 6.08 Å². The molecule has 3 aromatic rings. The van der Waals surface area contributed by atoms with Crippen LogP contribution in [0.2, 0.25) is 0 Å². The molecule has 0 aromatic heterocycles. The first-order chi connectivity index (χ1) is 17.3. The smallest absolute Gasteiger partial charge is 0.338 e. The minimum Gasteiger partial charge on any atom is -0.462 e. The van der Waals surface area contributed by atoms with Crippen molar-refractivity contribution >= 4 is 51.5 Å². The van der Waals surface area contributed by atoms with E-state index in [9.17, 15) is 23.6 Å². The summed E-state index contributed by atoms with van der Waals surface area (Å²) >= 11 is 3.47. The first-order valence-corrected chi connectivity index (χ1v) is 11.8. The Bertz CT molecular complexity index is 1400. The molecule has 0 spiro atoms. The lowest BCUT2D eigenvalue weighted by Gasteiger charge is -2.26. The van der Waals surface area contributed by atoms with Crippen molar-refractivity contribution in [3.05, 3.63) is 105 Å². The standard InChI is InChI=1S/C27H20BrFN2O5/c1-2-36-26(34)17-9-11-20(12-10-17)31-25(33)21(24(32)30-27(31)35)13-16-7-8-18(22(28)14-16)15-19-5-3-4-6-23(19)29/h3-14H,2,15H2,1H3,(H,30,32,35)/b21-13+. The monoisotopic (exact) mass is 550 g/mol. The van der Waals surface area contributed by atoms with Crippen LogP contribution in [0.4, 0.5) is 14.9 Å². The molecule has 4 amide bonds. The molecule has 0 radical (unpaired) electrons. The average Bonchev–Trinajstić information content (AvgIpc) is 2.85. The third-order valence-corrected chi connectivity index (χ3v) is 6.20. The lowest BCUT2D eigenvalue weighted by molar-refractivity contribution is -0.122. The molecule has 1 saturated heterocycles. The topological polar surface area (TPSA) is 92.8 Å². The summed E-state index contributed by atoms with van der Waals surface area (Å²) in [5.41, 5.74) is 2.10. The van der Waals surface area contributed by atoms with E-state index in [0.717, 1.165) is 10.5 Å². The normalized spacial score (nSPS) is 14.7. The molecule has 1 aliphatic rings. The highest BCUT2D eigenvalue weighted by atomic mass is 79.9. The number of rotatable bonds is 6. The Labute approximate surface area is 214 Å². The van der Waals surface area contributed by atoms with Gasteiger partial charge in [0.25, 0.3) is 11.8 Å². The maximum Gasteiger partial charge on any atom is 0.338 e. The minimum absolute atomic E-state index is 0.186. The number of nitrogens with zero attached hydrogens (tertiary/aromatic N) is 1. The molecular formula is C27H20BrFN2O5. The summed E-state index contributed by atoms with van der Waals surface area (Å²) in [5.74, 6) is -2.46. The molecule has 1 aliphatic heterocycles. The van der Waals surface area contributed by atoms with E-state index >= 15 is 0 Å². The Morgan fingerprint density at radius 2 is 1.75 bits per heavy atom. The summed E-state index contributed by atoms with van der Waals surface area (Å²) in [6, 6.07) is 16.5. The van der Waals surface area contributed by atoms with Gasteiger partial charge in [0.05, 0.1) is 17.9 Å². The molecule has 0 unspecified atom stereocenters. The summed E-state index contributed by atoms with van der Waals surface area (Å²) in [5, 5.41) is 2.17. The molecule has 0 bridgehead atoms. The van der Waals surface area contributed by atoms with Crippen molar-refractivity contribution in [1.29, 1.82) is 0 Å². The molecular weight excluding hydrogens is 531 g/mol. The van der Waals surface area contributed by atoms with Crippen molar-refractivity contribution in [2.45, 2.75) is 13.3 Å². The summed E-state index contributed by atoms with van der Waals surface area (Å²) in [7, 11) is 0. The molecule has 0 atom stereocenters. The van der Waals surface area contributed by atoms with Crippen molar-refractivity contribution in [3.8, 4) is 0 Å². The number of urea groups is 1. The third kappa shape index (κ3) is 5.26. The molecule has 3 aromatic carbocycles. The van der Waals surface area contributed by atoms with Gasteiger partial charge in [-0.25, -0.2) is 18.9 Å². The van der Waals surface area contributed by atoms with Gasteiger partial charge in [-0.3, -0.25) is 14.9 Å². The highest BCUT2D eigenvalue weighted by Gasteiger charge is 2.36. The van der Waals surface area contributed by atoms with Gasteiger partial charge in [-0.1, -0.05) is 46.3 Å². The number of hydrogen-bond donors (Lipinski definition) is 1. The zero-order chi connectivity index (χ0) is 25.8. The number of anilines is 1. The van der Waals surface area contributed by atoms with Crippen molar-refractivity contribution in [1.82, 2.24) is 5.32 Å². The van der Waals surface area contributed by atoms with Crippen LogP contribution in [0.3, 0.4) is 0 Å². The van der Waals surface area contributed by atoms with Crippen LogP contribution in [-0.2, 0) is 20.7 Å². The van der Waals surface area contributed by atoms with E-state index in [2.05, 4.69) is 21.2 Å². The number of hydrogen-bond acceptors (Lipinski definition) is 5. The number of ether oxygens (including phenoxy) is 1. The quantitative estimate of drug-likeness (QED) is 0.264. The number of nitrogens with one attached hydrogen (secondary N) is 1. The highest BCUT2D eigenvalue weighted by molar-refractivity contribution is 9.10. The third-order valence-electron chi connectivity index (χ3n) is 5.47. The maximum absolute atomic E-state index is 14.0. The molecule has 1 heterocycles. The Kier molecular flexibility index (Phi) is 7.40. The molecule has 9 heteroatoms. The number of barbiturate groups is 1. The molecule has 36 heavy (non-hydrogen) atoms. The fourth-order valence-electron chi connectivity index (χ4n) is 3.66. The van der Waals surface area contributed by atoms with Crippen LogP contribution in [0.5, 0.6) is 0 Å². The van der Waals surface area contributed by atoms with Crippen LogP contribution in [-0.4, -0.2) is 30.4 Å². The van der Waals surface area contributed by atoms with E-state index in [1.807, 2.05) is 0 Å². The lowest BCUT2D eigenvalue weighted by atomic mass is 10.0. The van der Waals surface area contributed by atoms with E-state index in [-0.39, 0.29) is 29.2 Å². The molecule has 0 aliphatic carbocycles. The van der Waals surface area contributed by atoms with Crippen LogP contribution >= 0.6 is 15.9 Å². The number of halogens is 2. The fourth-order valence-corrected chi connectivity index (χ4v) is 4.20. The Hall–Kier alpha value is -4.11. The molecule has 4 rings (SSSR count). The van der Waals surface area contributed by atoms with Crippen LogP contribution in [0, 0.1) is 5.82 Å². The van der Waals surface area contributed by atoms with Gasteiger partial charge < -0.3 is 4.74 Å². The van der Waals surface area contributed by atoms with E-state index < -0.39 is 23.8 Å². The highest BCUT2D eigenvalue weighted by Crippen LogP contribution is 2.26. The van der Waals surface area contributed by atoms with E-state index in [1.54, 1.807) is 43.3 Å². The predicted molar refractivity (Wildman–Crippen MR) is 135 cm³/mol. The molecule has 1 N–H and O–H groups in total. The van der Waals surface area contributed by atoms with Crippen molar-refractivity contribution in [2.75, 3.05) is 11.5 Å². The number of esters is 1. The number of benzene rings is 3. The summed E-state index contributed by atoms with van der Waals surface area (Å²) in [6.07, 6.45) is 1.73. The fraction of sp³-hybridized carbons (Fsp3) is 0.111. The molecule has 7 nitrogen and oxygen atoms in total. The van der Waals surface area contributed by atoms with E-state index in [4.69, 9.17) is 4.74 Å². The molecule has 182 valence electrons. The number of amides is 4. The number of carbonyl (C=O) groups excluding carboxylic acids is 4. The van der Waals surface area contributed by atoms with Crippen molar-refractivity contribution < 1.29 is 28.3 Å².